The maximum Gasteiger partial charge on any atom is 0.262 e. The molecule has 0 radical (unpaired) electrons. The van der Waals surface area contributed by atoms with Crippen LogP contribution in [0.1, 0.15) is 5.82 Å². The lowest BCUT2D eigenvalue weighted by atomic mass is 10.2. The van der Waals surface area contributed by atoms with E-state index in [9.17, 15) is 4.79 Å². The van der Waals surface area contributed by atoms with Gasteiger partial charge in [0, 0.05) is 29.9 Å². The van der Waals surface area contributed by atoms with E-state index in [1.165, 1.54) is 5.52 Å². The third-order valence-electron chi connectivity index (χ3n) is 5.67. The van der Waals surface area contributed by atoms with Gasteiger partial charge < -0.3 is 24.3 Å². The van der Waals surface area contributed by atoms with Crippen molar-refractivity contribution >= 4 is 39.9 Å². The first-order valence-corrected chi connectivity index (χ1v) is 11.0. The lowest BCUT2D eigenvalue weighted by Gasteiger charge is -2.30. The number of methoxy groups -OCH3 is 1. The zero-order valence-corrected chi connectivity index (χ0v) is 18.9. The summed E-state index contributed by atoms with van der Waals surface area (Å²) in [5, 5.41) is 3.47. The highest BCUT2D eigenvalue weighted by Gasteiger charge is 2.21. The molecule has 1 aliphatic heterocycles. The third kappa shape index (κ3) is 4.45. The Morgan fingerprint density at radius 3 is 2.73 bits per heavy atom. The van der Waals surface area contributed by atoms with E-state index >= 15 is 0 Å². The van der Waals surface area contributed by atoms with Crippen LogP contribution >= 0.6 is 11.6 Å². The molecule has 1 N–H and O–H groups in total. The van der Waals surface area contributed by atoms with Crippen LogP contribution in [0.3, 0.4) is 0 Å². The second kappa shape index (κ2) is 9.03. The van der Waals surface area contributed by atoms with Gasteiger partial charge in [-0.05, 0) is 48.5 Å². The maximum atomic E-state index is 12.4. The highest BCUT2D eigenvalue weighted by molar-refractivity contribution is 6.30. The Morgan fingerprint density at radius 1 is 1.09 bits per heavy atom. The average Bonchev–Trinajstić information content (AvgIpc) is 3.22. The van der Waals surface area contributed by atoms with Crippen LogP contribution < -0.4 is 19.7 Å². The van der Waals surface area contributed by atoms with Gasteiger partial charge in [0.25, 0.3) is 5.91 Å². The Kier molecular flexibility index (Phi) is 5.79. The lowest BCUT2D eigenvalue weighted by molar-refractivity contribution is -0.118. The second-order valence-corrected chi connectivity index (χ2v) is 8.20. The first-order valence-electron chi connectivity index (χ1n) is 10.7. The minimum absolute atomic E-state index is 0.116. The molecule has 0 aliphatic carbocycles. The molecular weight excluding hydrogens is 440 g/mol. The number of nitrogens with one attached hydrogen (secondary N) is 1. The minimum atomic E-state index is -0.275. The van der Waals surface area contributed by atoms with Gasteiger partial charge in [-0.1, -0.05) is 23.7 Å². The van der Waals surface area contributed by atoms with Gasteiger partial charge >= 0.3 is 0 Å². The maximum absolute atomic E-state index is 12.4. The Bertz CT molecular complexity index is 1300. The summed E-state index contributed by atoms with van der Waals surface area (Å²) < 4.78 is 13.3. The number of benzene rings is 3. The molecule has 8 heteroatoms. The molecule has 0 saturated heterocycles. The normalized spacial score (nSPS) is 13.0. The van der Waals surface area contributed by atoms with E-state index in [0.29, 0.717) is 28.8 Å². The van der Waals surface area contributed by atoms with E-state index in [1.807, 2.05) is 36.4 Å². The molecule has 0 saturated carbocycles. The Balaban J connectivity index is 1.27. The van der Waals surface area contributed by atoms with E-state index < -0.39 is 0 Å². The van der Waals surface area contributed by atoms with Crippen molar-refractivity contribution in [2.75, 3.05) is 30.5 Å². The highest BCUT2D eigenvalue weighted by Crippen LogP contribution is 2.32. The molecule has 1 amide bonds. The molecule has 5 rings (SSSR count). The number of anilines is 2. The topological polar surface area (TPSA) is 68.6 Å². The molecule has 0 atom stereocenters. The van der Waals surface area contributed by atoms with Crippen LogP contribution in [0, 0.1) is 0 Å². The lowest BCUT2D eigenvalue weighted by Crippen LogP contribution is -2.33. The number of carbonyl (C=O) groups excluding carboxylic acids is 1. The van der Waals surface area contributed by atoms with Crippen molar-refractivity contribution in [1.29, 1.82) is 0 Å². The van der Waals surface area contributed by atoms with Crippen molar-refractivity contribution in [3.63, 3.8) is 0 Å². The van der Waals surface area contributed by atoms with E-state index in [-0.39, 0.29) is 12.5 Å². The molecule has 0 fully saturated rings. The third-order valence-corrected chi connectivity index (χ3v) is 5.92. The molecular formula is C25H23ClN4O3. The van der Waals surface area contributed by atoms with Crippen LogP contribution in [0.15, 0.2) is 66.7 Å². The van der Waals surface area contributed by atoms with Crippen LogP contribution in [0.2, 0.25) is 5.02 Å². The smallest absolute Gasteiger partial charge is 0.262 e. The van der Waals surface area contributed by atoms with E-state index in [4.69, 9.17) is 26.1 Å². The van der Waals surface area contributed by atoms with E-state index in [0.717, 1.165) is 30.1 Å². The summed E-state index contributed by atoms with van der Waals surface area (Å²) in [7, 11) is 1.59. The number of nitrogens with zero attached hydrogens (tertiary/aromatic N) is 3. The quantitative estimate of drug-likeness (QED) is 0.448. The van der Waals surface area contributed by atoms with Gasteiger partial charge in [-0.3, -0.25) is 4.79 Å². The number of hydrogen-bond acceptors (Lipinski definition) is 5. The van der Waals surface area contributed by atoms with Crippen LogP contribution in [0.25, 0.3) is 11.0 Å². The van der Waals surface area contributed by atoms with Gasteiger partial charge in [0.1, 0.15) is 17.3 Å². The molecule has 1 aromatic heterocycles. The number of hydrogen-bond donors (Lipinski definition) is 1. The van der Waals surface area contributed by atoms with Crippen molar-refractivity contribution in [2.45, 2.75) is 13.1 Å². The molecule has 7 nitrogen and oxygen atoms in total. The molecule has 0 spiro atoms. The Morgan fingerprint density at radius 2 is 1.91 bits per heavy atom. The molecule has 0 unspecified atom stereocenters. The fourth-order valence-electron chi connectivity index (χ4n) is 4.03. The molecule has 0 bridgehead atoms. The molecule has 33 heavy (non-hydrogen) atoms. The van der Waals surface area contributed by atoms with Crippen molar-refractivity contribution in [2.24, 2.45) is 0 Å². The van der Waals surface area contributed by atoms with E-state index in [1.54, 1.807) is 31.4 Å². The fourth-order valence-corrected chi connectivity index (χ4v) is 4.16. The number of ether oxygens (including phenoxy) is 2. The summed E-state index contributed by atoms with van der Waals surface area (Å²) in [5.41, 5.74) is 3.80. The van der Waals surface area contributed by atoms with E-state index in [2.05, 4.69) is 20.9 Å². The number of para-hydroxylation sites is 2. The monoisotopic (exact) mass is 462 g/mol. The summed E-state index contributed by atoms with van der Waals surface area (Å²) >= 11 is 5.87. The van der Waals surface area contributed by atoms with Crippen LogP contribution in [0.5, 0.6) is 11.5 Å². The fraction of sp³-hybridized carbons (Fsp3) is 0.200. The number of amides is 1. The molecule has 2 heterocycles. The van der Waals surface area contributed by atoms with Gasteiger partial charge in [-0.25, -0.2) is 4.98 Å². The van der Waals surface area contributed by atoms with Crippen molar-refractivity contribution in [1.82, 2.24) is 9.55 Å². The largest absolute Gasteiger partial charge is 0.494 e. The van der Waals surface area contributed by atoms with Crippen molar-refractivity contribution < 1.29 is 14.3 Å². The number of imidazole rings is 1. The molecule has 1 aliphatic rings. The second-order valence-electron chi connectivity index (χ2n) is 7.77. The average molecular weight is 463 g/mol. The van der Waals surface area contributed by atoms with Crippen LogP contribution in [-0.2, 0) is 17.9 Å². The number of rotatable bonds is 6. The summed E-state index contributed by atoms with van der Waals surface area (Å²) in [6.07, 6.45) is 0. The highest BCUT2D eigenvalue weighted by atomic mass is 35.5. The van der Waals surface area contributed by atoms with Crippen molar-refractivity contribution in [3.05, 3.63) is 77.6 Å². The zero-order chi connectivity index (χ0) is 22.8. The molecule has 4 aromatic rings. The van der Waals surface area contributed by atoms with Crippen LogP contribution in [0.4, 0.5) is 11.4 Å². The van der Waals surface area contributed by atoms with Gasteiger partial charge in [0.2, 0.25) is 0 Å². The summed E-state index contributed by atoms with van der Waals surface area (Å²) in [5.74, 6) is 1.93. The SMILES string of the molecule is COc1cc(N2CCn3c(nc4ccccc43)C2)ccc1NC(=O)COc1ccc(Cl)cc1. The number of fused-ring (bicyclic) bond motifs is 3. The first-order chi connectivity index (χ1) is 16.1. The summed E-state index contributed by atoms with van der Waals surface area (Å²) in [6, 6.07) is 20.9. The van der Waals surface area contributed by atoms with Gasteiger partial charge in [-0.15, -0.1) is 0 Å². The van der Waals surface area contributed by atoms with Gasteiger partial charge in [0.05, 0.1) is 30.4 Å². The Labute approximate surface area is 196 Å². The minimum Gasteiger partial charge on any atom is -0.494 e. The molecule has 168 valence electrons. The summed E-state index contributed by atoms with van der Waals surface area (Å²) in [6.45, 7) is 2.31. The predicted octanol–water partition coefficient (Wildman–Crippen LogP) is 4.74. The number of aromatic nitrogens is 2. The van der Waals surface area contributed by atoms with Crippen molar-refractivity contribution in [3.8, 4) is 11.5 Å². The number of carbonyl (C=O) groups is 1. The van der Waals surface area contributed by atoms with Gasteiger partial charge in [-0.2, -0.15) is 0 Å². The van der Waals surface area contributed by atoms with Crippen LogP contribution in [-0.4, -0.2) is 35.7 Å². The van der Waals surface area contributed by atoms with Gasteiger partial charge in [0.15, 0.2) is 6.61 Å². The first kappa shape index (κ1) is 21.2. The summed E-state index contributed by atoms with van der Waals surface area (Å²) in [4.78, 5) is 19.4. The Hall–Kier alpha value is -3.71. The number of halogens is 1. The zero-order valence-electron chi connectivity index (χ0n) is 18.1. The molecule has 3 aromatic carbocycles. The standard InChI is InChI=1S/C25H23ClN4O3/c1-32-23-14-18(29-12-13-30-22-5-3-2-4-20(22)27-24(30)15-29)8-11-21(23)28-25(31)16-33-19-9-6-17(26)7-10-19/h2-11,14H,12-13,15-16H2,1H3,(H,28,31). The predicted molar refractivity (Wildman–Crippen MR) is 129 cm³/mol.